The summed E-state index contributed by atoms with van der Waals surface area (Å²) in [6.45, 7) is 4.40. The van der Waals surface area contributed by atoms with Crippen LogP contribution in [0.3, 0.4) is 0 Å². The standard InChI is InChI=1S/C20H24N2O4S/c1-3-24-16-6-4-14(12-18(16)23-2)8-9-21-20(27)22-15-5-7-17-19(13-15)26-11-10-25-17/h4-7,12-13H,3,8-11H2,1-2H3,(H2,21,22,27). The van der Waals surface area contributed by atoms with Crippen LogP contribution in [0.4, 0.5) is 5.69 Å². The first kappa shape index (κ1) is 19.1. The van der Waals surface area contributed by atoms with Crippen LogP contribution in [0.25, 0.3) is 0 Å². The molecule has 0 fully saturated rings. The van der Waals surface area contributed by atoms with Crippen LogP contribution in [0.2, 0.25) is 0 Å². The molecule has 1 aliphatic rings. The van der Waals surface area contributed by atoms with Crippen LogP contribution in [0.15, 0.2) is 36.4 Å². The van der Waals surface area contributed by atoms with E-state index in [0.29, 0.717) is 31.5 Å². The molecule has 3 rings (SSSR count). The topological polar surface area (TPSA) is 61.0 Å². The van der Waals surface area contributed by atoms with Gasteiger partial charge in [-0.3, -0.25) is 0 Å². The number of hydrogen-bond acceptors (Lipinski definition) is 5. The van der Waals surface area contributed by atoms with Crippen molar-refractivity contribution in [1.29, 1.82) is 0 Å². The van der Waals surface area contributed by atoms with E-state index in [2.05, 4.69) is 10.6 Å². The zero-order valence-electron chi connectivity index (χ0n) is 15.5. The molecule has 0 saturated carbocycles. The summed E-state index contributed by atoms with van der Waals surface area (Å²) in [6, 6.07) is 11.6. The Labute approximate surface area is 164 Å². The highest BCUT2D eigenvalue weighted by molar-refractivity contribution is 7.80. The molecule has 27 heavy (non-hydrogen) atoms. The molecule has 0 bridgehead atoms. The van der Waals surface area contributed by atoms with Gasteiger partial charge in [0.1, 0.15) is 13.2 Å². The lowest BCUT2D eigenvalue weighted by Crippen LogP contribution is -2.30. The van der Waals surface area contributed by atoms with Crippen molar-refractivity contribution in [1.82, 2.24) is 5.32 Å². The van der Waals surface area contributed by atoms with Crippen molar-refractivity contribution in [2.45, 2.75) is 13.3 Å². The lowest BCUT2D eigenvalue weighted by atomic mass is 10.1. The number of hydrogen-bond donors (Lipinski definition) is 2. The number of anilines is 1. The van der Waals surface area contributed by atoms with Crippen LogP contribution in [0.5, 0.6) is 23.0 Å². The largest absolute Gasteiger partial charge is 0.493 e. The quantitative estimate of drug-likeness (QED) is 0.705. The van der Waals surface area contributed by atoms with Gasteiger partial charge in [0.25, 0.3) is 0 Å². The summed E-state index contributed by atoms with van der Waals surface area (Å²) in [5.74, 6) is 2.99. The fourth-order valence-corrected chi connectivity index (χ4v) is 2.98. The molecule has 0 aliphatic carbocycles. The van der Waals surface area contributed by atoms with Crippen molar-refractivity contribution in [3.8, 4) is 23.0 Å². The number of rotatable bonds is 7. The Morgan fingerprint density at radius 2 is 1.89 bits per heavy atom. The van der Waals surface area contributed by atoms with E-state index in [1.54, 1.807) is 7.11 Å². The number of thiocarbonyl (C=S) groups is 1. The van der Waals surface area contributed by atoms with E-state index in [9.17, 15) is 0 Å². The highest BCUT2D eigenvalue weighted by Gasteiger charge is 2.12. The summed E-state index contributed by atoms with van der Waals surface area (Å²) in [4.78, 5) is 0. The number of ether oxygens (including phenoxy) is 4. The fraction of sp³-hybridized carbons (Fsp3) is 0.350. The van der Waals surface area contributed by atoms with Gasteiger partial charge in [-0.05, 0) is 55.4 Å². The van der Waals surface area contributed by atoms with Gasteiger partial charge in [0.2, 0.25) is 0 Å². The summed E-state index contributed by atoms with van der Waals surface area (Å²) < 4.78 is 22.0. The van der Waals surface area contributed by atoms with Crippen molar-refractivity contribution < 1.29 is 18.9 Å². The molecule has 2 N–H and O–H groups in total. The van der Waals surface area contributed by atoms with E-state index < -0.39 is 0 Å². The third-order valence-electron chi connectivity index (χ3n) is 4.03. The first-order chi connectivity index (χ1) is 13.2. The third-order valence-corrected chi connectivity index (χ3v) is 4.27. The minimum atomic E-state index is 0.560. The summed E-state index contributed by atoms with van der Waals surface area (Å²) in [5, 5.41) is 6.94. The van der Waals surface area contributed by atoms with Crippen LogP contribution in [-0.2, 0) is 6.42 Å². The lowest BCUT2D eigenvalue weighted by molar-refractivity contribution is 0.171. The molecular weight excluding hydrogens is 364 g/mol. The fourth-order valence-electron chi connectivity index (χ4n) is 2.76. The van der Waals surface area contributed by atoms with Crippen LogP contribution in [0, 0.1) is 0 Å². The van der Waals surface area contributed by atoms with Crippen LogP contribution in [0.1, 0.15) is 12.5 Å². The number of fused-ring (bicyclic) bond motifs is 1. The Bertz CT molecular complexity index is 798. The van der Waals surface area contributed by atoms with Gasteiger partial charge >= 0.3 is 0 Å². The average molecular weight is 388 g/mol. The zero-order chi connectivity index (χ0) is 19.1. The first-order valence-corrected chi connectivity index (χ1v) is 9.34. The molecule has 0 saturated heterocycles. The first-order valence-electron chi connectivity index (χ1n) is 8.94. The molecule has 1 aliphatic heterocycles. The van der Waals surface area contributed by atoms with Gasteiger partial charge in [0.15, 0.2) is 28.1 Å². The van der Waals surface area contributed by atoms with Crippen molar-refractivity contribution in [2.24, 2.45) is 0 Å². The van der Waals surface area contributed by atoms with E-state index >= 15 is 0 Å². The molecule has 6 nitrogen and oxygen atoms in total. The summed E-state index contributed by atoms with van der Waals surface area (Å²) in [7, 11) is 1.65. The molecule has 1 heterocycles. The Morgan fingerprint density at radius 1 is 1.07 bits per heavy atom. The second-order valence-electron chi connectivity index (χ2n) is 5.91. The lowest BCUT2D eigenvalue weighted by Gasteiger charge is -2.19. The van der Waals surface area contributed by atoms with Crippen molar-refractivity contribution in [3.05, 3.63) is 42.0 Å². The van der Waals surface area contributed by atoms with Gasteiger partial charge in [-0.25, -0.2) is 0 Å². The predicted octanol–water partition coefficient (Wildman–Crippen LogP) is 3.39. The maximum absolute atomic E-state index is 5.58. The minimum Gasteiger partial charge on any atom is -0.493 e. The van der Waals surface area contributed by atoms with E-state index in [0.717, 1.165) is 40.7 Å². The SMILES string of the molecule is CCOc1ccc(CCNC(=S)Nc2ccc3c(c2)OCCO3)cc1OC. The summed E-state index contributed by atoms with van der Waals surface area (Å²) in [6.07, 6.45) is 0.811. The van der Waals surface area contributed by atoms with E-state index in [4.69, 9.17) is 31.2 Å². The molecule has 0 atom stereocenters. The van der Waals surface area contributed by atoms with Gasteiger partial charge in [0.05, 0.1) is 13.7 Å². The Kier molecular flexibility index (Phi) is 6.59. The highest BCUT2D eigenvalue weighted by atomic mass is 32.1. The molecule has 144 valence electrons. The number of benzene rings is 2. The van der Waals surface area contributed by atoms with Crippen molar-refractivity contribution >= 4 is 23.0 Å². The Balaban J connectivity index is 1.49. The van der Waals surface area contributed by atoms with Crippen LogP contribution < -0.4 is 29.6 Å². The molecule has 0 spiro atoms. The summed E-state index contributed by atoms with van der Waals surface area (Å²) in [5.41, 5.74) is 2.00. The molecule has 0 aromatic heterocycles. The van der Waals surface area contributed by atoms with Gasteiger partial charge in [-0.2, -0.15) is 0 Å². The second-order valence-corrected chi connectivity index (χ2v) is 6.32. The molecule has 0 radical (unpaired) electrons. The van der Waals surface area contributed by atoms with Crippen molar-refractivity contribution in [3.63, 3.8) is 0 Å². The van der Waals surface area contributed by atoms with Crippen LogP contribution in [-0.4, -0.2) is 38.6 Å². The van der Waals surface area contributed by atoms with Gasteiger partial charge in [0, 0.05) is 18.3 Å². The maximum atomic E-state index is 5.58. The third kappa shape index (κ3) is 5.17. The number of nitrogens with one attached hydrogen (secondary N) is 2. The van der Waals surface area contributed by atoms with Gasteiger partial charge in [-0.1, -0.05) is 6.07 Å². The molecule has 2 aromatic carbocycles. The summed E-state index contributed by atoms with van der Waals surface area (Å²) >= 11 is 5.37. The molecule has 2 aromatic rings. The molecule has 0 amide bonds. The average Bonchev–Trinajstić information content (AvgIpc) is 2.69. The molecular formula is C20H24N2O4S. The number of methoxy groups -OCH3 is 1. The molecule has 0 unspecified atom stereocenters. The normalized spacial score (nSPS) is 12.2. The molecule has 7 heteroatoms. The smallest absolute Gasteiger partial charge is 0.170 e. The highest BCUT2D eigenvalue weighted by Crippen LogP contribution is 2.32. The minimum absolute atomic E-state index is 0.560. The van der Waals surface area contributed by atoms with Gasteiger partial charge < -0.3 is 29.6 Å². The Morgan fingerprint density at radius 3 is 2.67 bits per heavy atom. The van der Waals surface area contributed by atoms with E-state index in [1.165, 1.54) is 0 Å². The predicted molar refractivity (Wildman–Crippen MR) is 110 cm³/mol. The maximum Gasteiger partial charge on any atom is 0.170 e. The van der Waals surface area contributed by atoms with E-state index in [1.807, 2.05) is 43.3 Å². The van der Waals surface area contributed by atoms with Crippen molar-refractivity contribution in [2.75, 3.05) is 38.8 Å². The zero-order valence-corrected chi connectivity index (χ0v) is 16.4. The monoisotopic (exact) mass is 388 g/mol. The Hall–Kier alpha value is -2.67. The second kappa shape index (κ2) is 9.32. The van der Waals surface area contributed by atoms with E-state index in [-0.39, 0.29) is 0 Å². The van der Waals surface area contributed by atoms with Gasteiger partial charge in [-0.15, -0.1) is 0 Å². The van der Waals surface area contributed by atoms with Crippen LogP contribution >= 0.6 is 12.2 Å².